The molecule has 1 heterocycles. The molecule has 0 bridgehead atoms. The summed E-state index contributed by atoms with van der Waals surface area (Å²) < 4.78 is 5.14. The fraction of sp³-hybridized carbons (Fsp3) is 0.625. The van der Waals surface area contributed by atoms with Gasteiger partial charge in [0.15, 0.2) is 5.76 Å². The first-order valence-electron chi connectivity index (χ1n) is 7.26. The third kappa shape index (κ3) is 5.61. The largest absolute Gasteiger partial charge is 0.481 e. The zero-order chi connectivity index (χ0) is 16.0. The minimum absolute atomic E-state index is 0.0147. The lowest BCUT2D eigenvalue weighted by Gasteiger charge is -2.30. The molecule has 0 saturated carbocycles. The number of carbonyl (C=O) groups excluding carboxylic acids is 1. The summed E-state index contributed by atoms with van der Waals surface area (Å²) in [4.78, 5) is 22.6. The third-order valence-electron chi connectivity index (χ3n) is 3.78. The Hall–Kier alpha value is -1.78. The van der Waals surface area contributed by atoms with Crippen molar-refractivity contribution in [1.29, 1.82) is 0 Å². The van der Waals surface area contributed by atoms with Crippen molar-refractivity contribution >= 4 is 11.9 Å². The van der Waals surface area contributed by atoms with Gasteiger partial charge < -0.3 is 14.8 Å². The lowest BCUT2D eigenvalue weighted by atomic mass is 9.76. The normalized spacial score (nSPS) is 13.0. The van der Waals surface area contributed by atoms with Gasteiger partial charge in [0, 0.05) is 18.5 Å². The second-order valence-electron chi connectivity index (χ2n) is 6.47. The molecule has 1 rings (SSSR count). The maximum Gasteiger partial charge on any atom is 0.303 e. The van der Waals surface area contributed by atoms with Crippen molar-refractivity contribution in [2.75, 3.05) is 6.54 Å². The molecule has 0 aliphatic rings. The summed E-state index contributed by atoms with van der Waals surface area (Å²) in [6, 6.07) is 1.75. The number of furan rings is 1. The van der Waals surface area contributed by atoms with Crippen LogP contribution in [0.4, 0.5) is 0 Å². The minimum atomic E-state index is -0.778. The molecule has 5 heteroatoms. The van der Waals surface area contributed by atoms with Gasteiger partial charge in [-0.15, -0.1) is 0 Å². The monoisotopic (exact) mass is 295 g/mol. The van der Waals surface area contributed by atoms with Crippen LogP contribution in [-0.4, -0.2) is 23.5 Å². The number of hydrogen-bond donors (Lipinski definition) is 2. The van der Waals surface area contributed by atoms with Crippen molar-refractivity contribution < 1.29 is 19.1 Å². The molecule has 2 N–H and O–H groups in total. The number of aliphatic carboxylic acids is 1. The molecule has 0 saturated heterocycles. The standard InChI is InChI=1S/C16H25NO4/c1-11-8-10-21-14(11)15(20)17-9-7-12(16(2,3)4)5-6-13(18)19/h8,10,12H,5-7,9H2,1-4H3,(H,17,20)(H,18,19). The van der Waals surface area contributed by atoms with Crippen LogP contribution in [0.15, 0.2) is 16.7 Å². The van der Waals surface area contributed by atoms with Crippen LogP contribution in [0.25, 0.3) is 0 Å². The average molecular weight is 295 g/mol. The van der Waals surface area contributed by atoms with Crippen LogP contribution in [0.3, 0.4) is 0 Å². The Balaban J connectivity index is 2.48. The Labute approximate surface area is 125 Å². The molecule has 0 aliphatic heterocycles. The van der Waals surface area contributed by atoms with E-state index in [9.17, 15) is 9.59 Å². The maximum absolute atomic E-state index is 11.9. The SMILES string of the molecule is Cc1ccoc1C(=O)NCCC(CCC(=O)O)C(C)(C)C. The highest BCUT2D eigenvalue weighted by Crippen LogP contribution is 2.32. The molecule has 1 unspecified atom stereocenters. The number of aryl methyl sites for hydroxylation is 1. The second-order valence-corrected chi connectivity index (χ2v) is 6.47. The van der Waals surface area contributed by atoms with E-state index >= 15 is 0 Å². The van der Waals surface area contributed by atoms with Crippen LogP contribution >= 0.6 is 0 Å². The first-order chi connectivity index (χ1) is 9.71. The molecule has 0 radical (unpaired) electrons. The van der Waals surface area contributed by atoms with Crippen molar-refractivity contribution in [3.05, 3.63) is 23.7 Å². The van der Waals surface area contributed by atoms with Gasteiger partial charge in [-0.2, -0.15) is 0 Å². The smallest absolute Gasteiger partial charge is 0.303 e. The van der Waals surface area contributed by atoms with Crippen LogP contribution in [-0.2, 0) is 4.79 Å². The molecule has 21 heavy (non-hydrogen) atoms. The fourth-order valence-electron chi connectivity index (χ4n) is 2.35. The summed E-state index contributed by atoms with van der Waals surface area (Å²) in [6.45, 7) is 8.62. The highest BCUT2D eigenvalue weighted by atomic mass is 16.4. The molecule has 1 atom stereocenters. The Bertz CT molecular complexity index is 485. The van der Waals surface area contributed by atoms with E-state index in [0.717, 1.165) is 12.0 Å². The summed E-state index contributed by atoms with van der Waals surface area (Å²) in [5.41, 5.74) is 0.826. The Morgan fingerprint density at radius 3 is 2.48 bits per heavy atom. The number of rotatable bonds is 7. The highest BCUT2D eigenvalue weighted by molar-refractivity contribution is 5.92. The van der Waals surface area contributed by atoms with Gasteiger partial charge in [-0.3, -0.25) is 9.59 Å². The molecule has 1 amide bonds. The predicted octanol–water partition coefficient (Wildman–Crippen LogP) is 3.24. The Morgan fingerprint density at radius 1 is 1.33 bits per heavy atom. The second kappa shape index (κ2) is 7.29. The van der Waals surface area contributed by atoms with Gasteiger partial charge in [0.25, 0.3) is 5.91 Å². The number of nitrogens with one attached hydrogen (secondary N) is 1. The van der Waals surface area contributed by atoms with E-state index in [-0.39, 0.29) is 23.7 Å². The van der Waals surface area contributed by atoms with Crippen LogP contribution in [0.1, 0.15) is 56.2 Å². The first-order valence-corrected chi connectivity index (χ1v) is 7.26. The molecule has 0 spiro atoms. The molecule has 1 aromatic heterocycles. The number of amides is 1. The summed E-state index contributed by atoms with van der Waals surface area (Å²) in [5, 5.41) is 11.7. The summed E-state index contributed by atoms with van der Waals surface area (Å²) in [6.07, 6.45) is 3.03. The molecule has 0 aliphatic carbocycles. The van der Waals surface area contributed by atoms with Crippen molar-refractivity contribution in [3.8, 4) is 0 Å². The molecular formula is C16H25NO4. The first kappa shape index (κ1) is 17.3. The predicted molar refractivity (Wildman–Crippen MR) is 80.2 cm³/mol. The molecule has 1 aromatic rings. The summed E-state index contributed by atoms with van der Waals surface area (Å²) in [5.74, 6) is -0.415. The van der Waals surface area contributed by atoms with E-state index < -0.39 is 5.97 Å². The third-order valence-corrected chi connectivity index (χ3v) is 3.78. The van der Waals surface area contributed by atoms with Crippen molar-refractivity contribution in [2.24, 2.45) is 11.3 Å². The van der Waals surface area contributed by atoms with E-state index in [2.05, 4.69) is 26.1 Å². The molecule has 0 aromatic carbocycles. The molecule has 118 valence electrons. The summed E-state index contributed by atoms with van der Waals surface area (Å²) in [7, 11) is 0. The molecule has 0 fully saturated rings. The minimum Gasteiger partial charge on any atom is -0.481 e. The van der Waals surface area contributed by atoms with Gasteiger partial charge in [-0.05, 0) is 37.2 Å². The zero-order valence-electron chi connectivity index (χ0n) is 13.2. The number of carboxylic acid groups (broad SMARTS) is 1. The van der Waals surface area contributed by atoms with Gasteiger partial charge in [0.05, 0.1) is 6.26 Å². The number of hydrogen-bond acceptors (Lipinski definition) is 3. The van der Waals surface area contributed by atoms with Crippen LogP contribution < -0.4 is 5.32 Å². The van der Waals surface area contributed by atoms with Crippen molar-refractivity contribution in [1.82, 2.24) is 5.32 Å². The highest BCUT2D eigenvalue weighted by Gasteiger charge is 2.25. The lowest BCUT2D eigenvalue weighted by Crippen LogP contribution is -2.30. The average Bonchev–Trinajstić information content (AvgIpc) is 2.77. The van der Waals surface area contributed by atoms with E-state index in [4.69, 9.17) is 9.52 Å². The number of carboxylic acids is 1. The van der Waals surface area contributed by atoms with Gasteiger partial charge in [-0.1, -0.05) is 20.8 Å². The maximum atomic E-state index is 11.9. The van der Waals surface area contributed by atoms with Crippen molar-refractivity contribution in [2.45, 2.75) is 47.0 Å². The van der Waals surface area contributed by atoms with Crippen LogP contribution in [0, 0.1) is 18.3 Å². The lowest BCUT2D eigenvalue weighted by molar-refractivity contribution is -0.137. The fourth-order valence-corrected chi connectivity index (χ4v) is 2.35. The van der Waals surface area contributed by atoms with Gasteiger partial charge >= 0.3 is 5.97 Å². The Morgan fingerprint density at radius 2 is 2.00 bits per heavy atom. The van der Waals surface area contributed by atoms with Gasteiger partial charge in [-0.25, -0.2) is 0 Å². The topological polar surface area (TPSA) is 79.5 Å². The van der Waals surface area contributed by atoms with Crippen molar-refractivity contribution in [3.63, 3.8) is 0 Å². The molecule has 5 nitrogen and oxygen atoms in total. The van der Waals surface area contributed by atoms with E-state index in [1.54, 1.807) is 6.07 Å². The van der Waals surface area contributed by atoms with E-state index in [1.165, 1.54) is 6.26 Å². The summed E-state index contributed by atoms with van der Waals surface area (Å²) >= 11 is 0. The van der Waals surface area contributed by atoms with Gasteiger partial charge in [0.1, 0.15) is 0 Å². The molecular weight excluding hydrogens is 270 g/mol. The van der Waals surface area contributed by atoms with E-state index in [1.807, 2.05) is 6.92 Å². The quantitative estimate of drug-likeness (QED) is 0.809. The Kier molecular flexibility index (Phi) is 6.00. The van der Waals surface area contributed by atoms with Gasteiger partial charge in [0.2, 0.25) is 0 Å². The van der Waals surface area contributed by atoms with Crippen LogP contribution in [0.2, 0.25) is 0 Å². The van der Waals surface area contributed by atoms with E-state index in [0.29, 0.717) is 18.7 Å². The number of carbonyl (C=O) groups is 2. The zero-order valence-corrected chi connectivity index (χ0v) is 13.2. The van der Waals surface area contributed by atoms with Crippen LogP contribution in [0.5, 0.6) is 0 Å².